The van der Waals surface area contributed by atoms with Crippen LogP contribution >= 0.6 is 0 Å². The first kappa shape index (κ1) is 17.9. The van der Waals surface area contributed by atoms with E-state index in [1.165, 1.54) is 12.1 Å². The number of hydrogen-bond acceptors (Lipinski definition) is 3. The highest BCUT2D eigenvalue weighted by molar-refractivity contribution is 5.96. The van der Waals surface area contributed by atoms with E-state index in [-0.39, 0.29) is 18.5 Å². The highest BCUT2D eigenvalue weighted by Crippen LogP contribution is 2.20. The Morgan fingerprint density at radius 1 is 1.32 bits per heavy atom. The third kappa shape index (κ3) is 5.68. The van der Waals surface area contributed by atoms with E-state index in [4.69, 9.17) is 15.6 Å². The molecule has 1 aliphatic carbocycles. The minimum absolute atomic E-state index is 0.225. The second-order valence-electron chi connectivity index (χ2n) is 4.56. The van der Waals surface area contributed by atoms with Crippen LogP contribution < -0.4 is 11.1 Å². The zero-order chi connectivity index (χ0) is 16.9. The SMILES string of the molecule is NCc1ccc(F)cc1C(=O)NC1CC1.O=C(O)C(F)(F)F. The number of carbonyl (C=O) groups is 2. The Balaban J connectivity index is 0.000000295. The van der Waals surface area contributed by atoms with Crippen molar-refractivity contribution in [3.63, 3.8) is 0 Å². The smallest absolute Gasteiger partial charge is 0.475 e. The summed E-state index contributed by atoms with van der Waals surface area (Å²) in [5, 5.41) is 9.94. The van der Waals surface area contributed by atoms with E-state index >= 15 is 0 Å². The Labute approximate surface area is 123 Å². The Bertz CT molecular complexity index is 557. The zero-order valence-electron chi connectivity index (χ0n) is 11.3. The monoisotopic (exact) mass is 322 g/mol. The van der Waals surface area contributed by atoms with Gasteiger partial charge in [0, 0.05) is 18.2 Å². The van der Waals surface area contributed by atoms with Crippen molar-refractivity contribution in [2.75, 3.05) is 0 Å². The van der Waals surface area contributed by atoms with Crippen molar-refractivity contribution in [1.29, 1.82) is 0 Å². The lowest BCUT2D eigenvalue weighted by atomic mass is 10.1. The lowest BCUT2D eigenvalue weighted by Crippen LogP contribution is -2.27. The summed E-state index contributed by atoms with van der Waals surface area (Å²) >= 11 is 0. The topological polar surface area (TPSA) is 92.4 Å². The molecule has 0 aromatic heterocycles. The van der Waals surface area contributed by atoms with Crippen LogP contribution in [0.1, 0.15) is 28.8 Å². The maximum atomic E-state index is 13.0. The quantitative estimate of drug-likeness (QED) is 0.740. The molecule has 1 fully saturated rings. The summed E-state index contributed by atoms with van der Waals surface area (Å²) in [5.41, 5.74) is 6.51. The third-order valence-corrected chi connectivity index (χ3v) is 2.69. The molecule has 1 aromatic carbocycles. The van der Waals surface area contributed by atoms with Gasteiger partial charge in [-0.3, -0.25) is 4.79 Å². The number of hydrogen-bond donors (Lipinski definition) is 3. The van der Waals surface area contributed by atoms with Gasteiger partial charge in [0.25, 0.3) is 5.91 Å². The Morgan fingerprint density at radius 2 is 1.86 bits per heavy atom. The average molecular weight is 322 g/mol. The van der Waals surface area contributed by atoms with E-state index in [9.17, 15) is 22.4 Å². The number of carboxylic acids is 1. The average Bonchev–Trinajstić information content (AvgIpc) is 3.22. The number of nitrogens with one attached hydrogen (secondary N) is 1. The summed E-state index contributed by atoms with van der Waals surface area (Å²) in [4.78, 5) is 20.6. The molecule has 0 aliphatic heterocycles. The fourth-order valence-electron chi connectivity index (χ4n) is 1.43. The minimum Gasteiger partial charge on any atom is -0.475 e. The maximum absolute atomic E-state index is 13.0. The molecular formula is C13H14F4N2O3. The van der Waals surface area contributed by atoms with Crippen molar-refractivity contribution in [1.82, 2.24) is 5.32 Å². The molecule has 0 bridgehead atoms. The van der Waals surface area contributed by atoms with E-state index in [0.717, 1.165) is 12.8 Å². The molecule has 122 valence electrons. The first-order valence-electron chi connectivity index (χ1n) is 6.24. The van der Waals surface area contributed by atoms with Crippen LogP contribution in [0.15, 0.2) is 18.2 Å². The molecule has 5 nitrogen and oxygen atoms in total. The van der Waals surface area contributed by atoms with Gasteiger partial charge in [-0.05, 0) is 30.5 Å². The number of nitrogens with two attached hydrogens (primary N) is 1. The van der Waals surface area contributed by atoms with Crippen LogP contribution in [0.25, 0.3) is 0 Å². The zero-order valence-corrected chi connectivity index (χ0v) is 11.3. The van der Waals surface area contributed by atoms with E-state index < -0.39 is 18.0 Å². The van der Waals surface area contributed by atoms with Crippen molar-refractivity contribution in [2.24, 2.45) is 5.73 Å². The van der Waals surface area contributed by atoms with Crippen LogP contribution in [0, 0.1) is 5.82 Å². The second-order valence-corrected chi connectivity index (χ2v) is 4.56. The van der Waals surface area contributed by atoms with Gasteiger partial charge in [0.2, 0.25) is 0 Å². The van der Waals surface area contributed by atoms with Crippen molar-refractivity contribution >= 4 is 11.9 Å². The number of halogens is 4. The van der Waals surface area contributed by atoms with Gasteiger partial charge in [-0.2, -0.15) is 13.2 Å². The summed E-state index contributed by atoms with van der Waals surface area (Å²) in [6, 6.07) is 4.37. The molecule has 1 aromatic rings. The van der Waals surface area contributed by atoms with Gasteiger partial charge in [-0.15, -0.1) is 0 Å². The van der Waals surface area contributed by atoms with Crippen molar-refractivity contribution < 1.29 is 32.3 Å². The van der Waals surface area contributed by atoms with Gasteiger partial charge < -0.3 is 16.2 Å². The number of alkyl halides is 3. The summed E-state index contributed by atoms with van der Waals surface area (Å²) in [6.07, 6.45) is -3.06. The molecule has 0 heterocycles. The van der Waals surface area contributed by atoms with E-state index in [0.29, 0.717) is 11.1 Å². The number of carbonyl (C=O) groups excluding carboxylic acids is 1. The Morgan fingerprint density at radius 3 is 2.27 bits per heavy atom. The van der Waals surface area contributed by atoms with E-state index in [1.54, 1.807) is 6.07 Å². The summed E-state index contributed by atoms with van der Waals surface area (Å²) in [5.74, 6) is -3.39. The van der Waals surface area contributed by atoms with E-state index in [2.05, 4.69) is 5.32 Å². The molecule has 0 unspecified atom stereocenters. The maximum Gasteiger partial charge on any atom is 0.490 e. The largest absolute Gasteiger partial charge is 0.490 e. The first-order valence-corrected chi connectivity index (χ1v) is 6.24. The standard InChI is InChI=1S/C11H13FN2O.C2HF3O2/c12-8-2-1-7(6-13)10(5-8)11(15)14-9-3-4-9;3-2(4,5)1(6)7/h1-2,5,9H,3-4,6,13H2,(H,14,15);(H,6,7). The van der Waals surface area contributed by atoms with E-state index in [1.807, 2.05) is 0 Å². The normalized spacial score (nSPS) is 13.9. The Hall–Kier alpha value is -2.16. The highest BCUT2D eigenvalue weighted by atomic mass is 19.4. The van der Waals surface area contributed by atoms with Crippen LogP contribution in [0.4, 0.5) is 17.6 Å². The number of carboxylic acid groups (broad SMARTS) is 1. The number of rotatable bonds is 3. The van der Waals surface area contributed by atoms with Crippen molar-refractivity contribution in [2.45, 2.75) is 31.6 Å². The molecule has 2 rings (SSSR count). The van der Waals surface area contributed by atoms with Crippen LogP contribution in [0.2, 0.25) is 0 Å². The van der Waals surface area contributed by atoms with Crippen LogP contribution in [0.3, 0.4) is 0 Å². The molecule has 22 heavy (non-hydrogen) atoms. The highest BCUT2D eigenvalue weighted by Gasteiger charge is 2.38. The van der Waals surface area contributed by atoms with Crippen molar-refractivity contribution in [3.8, 4) is 0 Å². The second kappa shape index (κ2) is 7.21. The number of aliphatic carboxylic acids is 1. The lowest BCUT2D eigenvalue weighted by Gasteiger charge is -2.08. The molecule has 0 spiro atoms. The van der Waals surface area contributed by atoms with Crippen molar-refractivity contribution in [3.05, 3.63) is 35.1 Å². The number of amides is 1. The van der Waals surface area contributed by atoms with Crippen LogP contribution in [0.5, 0.6) is 0 Å². The third-order valence-electron chi connectivity index (χ3n) is 2.69. The van der Waals surface area contributed by atoms with Gasteiger partial charge in [-0.25, -0.2) is 9.18 Å². The predicted octanol–water partition coefficient (Wildman–Crippen LogP) is 1.81. The van der Waals surface area contributed by atoms with Gasteiger partial charge in [0.1, 0.15) is 5.82 Å². The van der Waals surface area contributed by atoms with Gasteiger partial charge in [0.05, 0.1) is 0 Å². The molecule has 1 aliphatic rings. The molecular weight excluding hydrogens is 308 g/mol. The lowest BCUT2D eigenvalue weighted by molar-refractivity contribution is -0.192. The minimum atomic E-state index is -5.08. The molecule has 0 radical (unpaired) electrons. The van der Waals surface area contributed by atoms with Gasteiger partial charge in [-0.1, -0.05) is 6.07 Å². The van der Waals surface area contributed by atoms with Gasteiger partial charge in [0.15, 0.2) is 0 Å². The summed E-state index contributed by atoms with van der Waals surface area (Å²) in [6.45, 7) is 0.244. The van der Waals surface area contributed by atoms with Crippen LogP contribution in [-0.2, 0) is 11.3 Å². The summed E-state index contributed by atoms with van der Waals surface area (Å²) in [7, 11) is 0. The summed E-state index contributed by atoms with van der Waals surface area (Å²) < 4.78 is 44.7. The predicted molar refractivity (Wildman–Crippen MR) is 68.5 cm³/mol. The van der Waals surface area contributed by atoms with Gasteiger partial charge >= 0.3 is 12.1 Å². The molecule has 9 heteroatoms. The fraction of sp³-hybridized carbons (Fsp3) is 0.385. The fourth-order valence-corrected chi connectivity index (χ4v) is 1.43. The Kier molecular flexibility index (Phi) is 5.86. The molecule has 4 N–H and O–H groups in total. The van der Waals surface area contributed by atoms with Crippen LogP contribution in [-0.4, -0.2) is 29.2 Å². The molecule has 0 atom stereocenters. The number of benzene rings is 1. The molecule has 0 saturated heterocycles. The molecule has 1 amide bonds. The molecule has 1 saturated carbocycles. The first-order chi connectivity index (χ1) is 10.1.